The number of aromatic nitrogens is 2. The van der Waals surface area contributed by atoms with Crippen molar-refractivity contribution in [3.8, 4) is 5.75 Å². The van der Waals surface area contributed by atoms with Gasteiger partial charge in [-0.15, -0.1) is 10.2 Å². The van der Waals surface area contributed by atoms with E-state index in [9.17, 15) is 14.7 Å². The van der Waals surface area contributed by atoms with Gasteiger partial charge in [0, 0.05) is 11.3 Å². The molecule has 0 aliphatic carbocycles. The number of aliphatic hydroxyl groups excluding tert-OH is 1. The SMILES string of the molecule is CCc1ccc(C2C(=C(O)c3ccc(OCc4cccc(C)c4)cc3)C(=O)C(=O)N2c2nnc(SCc3ccccc3)s2)cc1. The summed E-state index contributed by atoms with van der Waals surface area (Å²) in [5, 5.41) is 20.5. The number of benzene rings is 4. The van der Waals surface area contributed by atoms with Gasteiger partial charge in [-0.05, 0) is 59.9 Å². The molecular formula is C36H31N3O4S2. The van der Waals surface area contributed by atoms with Crippen LogP contribution < -0.4 is 9.64 Å². The summed E-state index contributed by atoms with van der Waals surface area (Å²) in [6.07, 6.45) is 0.844. The number of aryl methyl sites for hydroxylation is 2. The molecule has 1 amide bonds. The van der Waals surface area contributed by atoms with Gasteiger partial charge in [0.2, 0.25) is 5.13 Å². The van der Waals surface area contributed by atoms with Crippen molar-refractivity contribution in [1.29, 1.82) is 0 Å². The van der Waals surface area contributed by atoms with Gasteiger partial charge in [-0.25, -0.2) is 0 Å². The lowest BCUT2D eigenvalue weighted by Crippen LogP contribution is -2.29. The van der Waals surface area contributed by atoms with Gasteiger partial charge in [-0.3, -0.25) is 14.5 Å². The lowest BCUT2D eigenvalue weighted by molar-refractivity contribution is -0.132. The minimum Gasteiger partial charge on any atom is -0.507 e. The zero-order chi connectivity index (χ0) is 31.3. The Balaban J connectivity index is 1.30. The normalized spacial score (nSPS) is 15.9. The highest BCUT2D eigenvalue weighted by Gasteiger charge is 2.48. The average Bonchev–Trinajstić information content (AvgIpc) is 3.65. The Hall–Kier alpha value is -4.73. The Morgan fingerprint density at radius 2 is 1.62 bits per heavy atom. The topological polar surface area (TPSA) is 92.6 Å². The van der Waals surface area contributed by atoms with E-state index in [0.29, 0.717) is 38.7 Å². The Morgan fingerprint density at radius 1 is 0.889 bits per heavy atom. The van der Waals surface area contributed by atoms with E-state index in [4.69, 9.17) is 4.74 Å². The molecule has 1 unspecified atom stereocenters. The van der Waals surface area contributed by atoms with Gasteiger partial charge in [0.1, 0.15) is 18.1 Å². The molecule has 1 aromatic heterocycles. The van der Waals surface area contributed by atoms with Crippen LogP contribution in [0.4, 0.5) is 5.13 Å². The van der Waals surface area contributed by atoms with E-state index in [1.54, 1.807) is 24.3 Å². The van der Waals surface area contributed by atoms with Crippen LogP contribution in [0.15, 0.2) is 113 Å². The number of ether oxygens (including phenoxy) is 1. The number of carbonyl (C=O) groups is 2. The second-order valence-electron chi connectivity index (χ2n) is 10.7. The molecule has 1 atom stereocenters. The molecule has 226 valence electrons. The fourth-order valence-electron chi connectivity index (χ4n) is 5.19. The Bertz CT molecular complexity index is 1850. The van der Waals surface area contributed by atoms with E-state index < -0.39 is 17.7 Å². The average molecular weight is 634 g/mol. The largest absolute Gasteiger partial charge is 0.507 e. The van der Waals surface area contributed by atoms with Crippen LogP contribution >= 0.6 is 23.1 Å². The Kier molecular flexibility index (Phi) is 9.09. The number of carbonyl (C=O) groups excluding carboxylic acids is 2. The lowest BCUT2D eigenvalue weighted by Gasteiger charge is -2.22. The molecule has 6 rings (SSSR count). The second kappa shape index (κ2) is 13.5. The maximum atomic E-state index is 13.6. The van der Waals surface area contributed by atoms with Crippen molar-refractivity contribution in [2.45, 2.75) is 43.0 Å². The fourth-order valence-corrected chi connectivity index (χ4v) is 7.01. The van der Waals surface area contributed by atoms with Gasteiger partial charge < -0.3 is 9.84 Å². The summed E-state index contributed by atoms with van der Waals surface area (Å²) in [6, 6.07) is 31.8. The first kappa shape index (κ1) is 30.3. The molecule has 1 saturated heterocycles. The third kappa shape index (κ3) is 6.69. The minimum absolute atomic E-state index is 0.00589. The van der Waals surface area contributed by atoms with Crippen molar-refractivity contribution in [2.75, 3.05) is 4.90 Å². The first-order chi connectivity index (χ1) is 21.9. The maximum absolute atomic E-state index is 13.6. The number of rotatable bonds is 10. The molecule has 45 heavy (non-hydrogen) atoms. The summed E-state index contributed by atoms with van der Waals surface area (Å²) in [4.78, 5) is 28.5. The zero-order valence-electron chi connectivity index (χ0n) is 24.8. The van der Waals surface area contributed by atoms with Gasteiger partial charge >= 0.3 is 5.91 Å². The molecule has 1 aliphatic rings. The van der Waals surface area contributed by atoms with Crippen molar-refractivity contribution in [3.05, 3.63) is 142 Å². The molecule has 0 radical (unpaired) electrons. The molecule has 1 N–H and O–H groups in total. The van der Waals surface area contributed by atoms with Crippen LogP contribution in [0, 0.1) is 6.92 Å². The van der Waals surface area contributed by atoms with Crippen molar-refractivity contribution in [2.24, 2.45) is 0 Å². The van der Waals surface area contributed by atoms with Gasteiger partial charge in [-0.1, -0.05) is 114 Å². The summed E-state index contributed by atoms with van der Waals surface area (Å²) >= 11 is 2.76. The van der Waals surface area contributed by atoms with Crippen molar-refractivity contribution >= 4 is 45.7 Å². The van der Waals surface area contributed by atoms with Crippen LogP contribution in [-0.4, -0.2) is 27.0 Å². The van der Waals surface area contributed by atoms with E-state index in [-0.39, 0.29) is 11.3 Å². The molecule has 0 saturated carbocycles. The number of hydrogen-bond acceptors (Lipinski definition) is 8. The molecule has 9 heteroatoms. The number of amides is 1. The number of ketones is 1. The molecule has 7 nitrogen and oxygen atoms in total. The van der Waals surface area contributed by atoms with E-state index in [0.717, 1.165) is 28.7 Å². The number of anilines is 1. The monoisotopic (exact) mass is 633 g/mol. The molecule has 4 aromatic carbocycles. The molecular weight excluding hydrogens is 603 g/mol. The van der Waals surface area contributed by atoms with Crippen LogP contribution in [0.5, 0.6) is 5.75 Å². The highest BCUT2D eigenvalue weighted by molar-refractivity contribution is 8.00. The van der Waals surface area contributed by atoms with Crippen LogP contribution in [0.25, 0.3) is 5.76 Å². The predicted molar refractivity (Wildman–Crippen MR) is 178 cm³/mol. The van der Waals surface area contributed by atoms with Crippen LogP contribution in [0.1, 0.15) is 46.3 Å². The third-order valence-electron chi connectivity index (χ3n) is 7.57. The van der Waals surface area contributed by atoms with E-state index >= 15 is 0 Å². The van der Waals surface area contributed by atoms with Gasteiger partial charge in [0.25, 0.3) is 5.78 Å². The molecule has 1 fully saturated rings. The highest BCUT2D eigenvalue weighted by atomic mass is 32.2. The van der Waals surface area contributed by atoms with E-state index in [2.05, 4.69) is 23.2 Å². The van der Waals surface area contributed by atoms with Gasteiger partial charge in [-0.2, -0.15) is 0 Å². The quantitative estimate of drug-likeness (QED) is 0.0549. The highest BCUT2D eigenvalue weighted by Crippen LogP contribution is 2.44. The molecule has 0 spiro atoms. The van der Waals surface area contributed by atoms with E-state index in [1.165, 1.54) is 28.0 Å². The lowest BCUT2D eigenvalue weighted by atomic mass is 9.94. The second-order valence-corrected chi connectivity index (χ2v) is 12.9. The number of Topliss-reactive ketones (excluding diaryl/α,β-unsaturated/α-hetero) is 1. The van der Waals surface area contributed by atoms with Crippen LogP contribution in [-0.2, 0) is 28.4 Å². The van der Waals surface area contributed by atoms with Crippen molar-refractivity contribution < 1.29 is 19.4 Å². The summed E-state index contributed by atoms with van der Waals surface area (Å²) < 4.78 is 6.62. The maximum Gasteiger partial charge on any atom is 0.301 e. The molecule has 0 bridgehead atoms. The van der Waals surface area contributed by atoms with Crippen molar-refractivity contribution in [1.82, 2.24) is 10.2 Å². The minimum atomic E-state index is -0.868. The first-order valence-electron chi connectivity index (χ1n) is 14.6. The summed E-state index contributed by atoms with van der Waals surface area (Å²) in [6.45, 7) is 4.50. The van der Waals surface area contributed by atoms with Crippen molar-refractivity contribution in [3.63, 3.8) is 0 Å². The molecule has 1 aliphatic heterocycles. The van der Waals surface area contributed by atoms with E-state index in [1.807, 2.05) is 79.7 Å². The standard InChI is InChI=1S/C36H31N3O4S2/c1-3-24-12-14-27(15-13-24)31-30(32(40)28-16-18-29(19-17-28)43-21-26-11-7-8-23(2)20-26)33(41)34(42)39(31)35-37-38-36(45-35)44-22-25-9-5-4-6-10-25/h4-20,31,40H,3,21-22H2,1-2H3. The number of hydrogen-bond donors (Lipinski definition) is 1. The summed E-state index contributed by atoms with van der Waals surface area (Å²) in [5.41, 5.74) is 5.57. The summed E-state index contributed by atoms with van der Waals surface area (Å²) in [7, 11) is 0. The Labute approximate surface area is 270 Å². The molecule has 2 heterocycles. The fraction of sp³-hybridized carbons (Fsp3) is 0.167. The number of thioether (sulfide) groups is 1. The smallest absolute Gasteiger partial charge is 0.301 e. The van der Waals surface area contributed by atoms with Gasteiger partial charge in [0.15, 0.2) is 4.34 Å². The molecule has 5 aromatic rings. The predicted octanol–water partition coefficient (Wildman–Crippen LogP) is 7.91. The van der Waals surface area contributed by atoms with Gasteiger partial charge in [0.05, 0.1) is 11.6 Å². The number of aliphatic hydroxyl groups is 1. The first-order valence-corrected chi connectivity index (χ1v) is 16.4. The third-order valence-corrected chi connectivity index (χ3v) is 9.70. The zero-order valence-corrected chi connectivity index (χ0v) is 26.5. The van der Waals surface area contributed by atoms with Crippen LogP contribution in [0.3, 0.4) is 0 Å². The summed E-state index contributed by atoms with van der Waals surface area (Å²) in [5.74, 6) is -0.468. The Morgan fingerprint density at radius 3 is 2.33 bits per heavy atom. The number of nitrogens with zero attached hydrogens (tertiary/aromatic N) is 3. The van der Waals surface area contributed by atoms with Crippen LogP contribution in [0.2, 0.25) is 0 Å².